The molecule has 0 bridgehead atoms. The van der Waals surface area contributed by atoms with Gasteiger partial charge in [0.1, 0.15) is 0 Å². The number of amides is 1. The molecule has 1 aromatic heterocycles. The number of carbonyl (C=O) groups excluding carboxylic acids is 1. The smallest absolute Gasteiger partial charge is 0.368 e. The van der Waals surface area contributed by atoms with Crippen molar-refractivity contribution < 1.29 is 18.0 Å². The van der Waals surface area contributed by atoms with Crippen LogP contribution in [0.15, 0.2) is 40.3 Å². The number of nitrogens with zero attached hydrogens (tertiary/aromatic N) is 3. The lowest BCUT2D eigenvalue weighted by atomic mass is 10.1. The minimum absolute atomic E-state index is 0.0960. The van der Waals surface area contributed by atoms with E-state index in [2.05, 4.69) is 9.97 Å². The second-order valence-electron chi connectivity index (χ2n) is 7.33. The highest BCUT2D eigenvalue weighted by Gasteiger charge is 2.31. The molecule has 162 valence electrons. The van der Waals surface area contributed by atoms with Crippen LogP contribution in [0.25, 0.3) is 0 Å². The number of aromatic nitrogens is 2. The van der Waals surface area contributed by atoms with E-state index in [0.29, 0.717) is 42.7 Å². The van der Waals surface area contributed by atoms with Gasteiger partial charge in [0, 0.05) is 37.9 Å². The maximum atomic E-state index is 12.9. The molecule has 1 aliphatic rings. The van der Waals surface area contributed by atoms with Crippen LogP contribution in [0.2, 0.25) is 0 Å². The number of hydrogen-bond donors (Lipinski definition) is 1. The van der Waals surface area contributed by atoms with Crippen LogP contribution in [0.5, 0.6) is 0 Å². The Balaban J connectivity index is 1.55. The van der Waals surface area contributed by atoms with Gasteiger partial charge in [-0.3, -0.25) is 9.59 Å². The molecule has 1 aromatic carbocycles. The van der Waals surface area contributed by atoms with E-state index in [0.717, 1.165) is 12.1 Å². The first-order valence-corrected chi connectivity index (χ1v) is 10.6. The van der Waals surface area contributed by atoms with E-state index in [1.807, 2.05) is 18.7 Å². The number of alkyl halides is 3. The van der Waals surface area contributed by atoms with Crippen LogP contribution in [0, 0.1) is 0 Å². The number of rotatable bonds is 5. The third kappa shape index (κ3) is 5.56. The first-order chi connectivity index (χ1) is 14.1. The Morgan fingerprint density at radius 1 is 1.20 bits per heavy atom. The zero-order valence-electron chi connectivity index (χ0n) is 16.7. The molecule has 1 fully saturated rings. The number of nitrogens with one attached hydrogen (secondary N) is 1. The second-order valence-corrected chi connectivity index (χ2v) is 8.30. The van der Waals surface area contributed by atoms with Crippen LogP contribution >= 0.6 is 11.8 Å². The first kappa shape index (κ1) is 22.2. The Bertz CT molecular complexity index is 954. The van der Waals surface area contributed by atoms with Crippen molar-refractivity contribution in [2.75, 3.05) is 36.8 Å². The van der Waals surface area contributed by atoms with Gasteiger partial charge in [-0.2, -0.15) is 13.2 Å². The molecule has 1 aliphatic heterocycles. The molecule has 30 heavy (non-hydrogen) atoms. The molecule has 0 spiro atoms. The summed E-state index contributed by atoms with van der Waals surface area (Å²) >= 11 is 1.17. The van der Waals surface area contributed by atoms with Gasteiger partial charge in [-0.1, -0.05) is 31.7 Å². The van der Waals surface area contributed by atoms with Gasteiger partial charge in [-0.15, -0.1) is 0 Å². The Labute approximate surface area is 176 Å². The first-order valence-electron chi connectivity index (χ1n) is 9.57. The summed E-state index contributed by atoms with van der Waals surface area (Å²) in [6, 6.07) is 6.67. The fourth-order valence-electron chi connectivity index (χ4n) is 3.13. The van der Waals surface area contributed by atoms with Crippen molar-refractivity contribution in [3.05, 3.63) is 51.9 Å². The van der Waals surface area contributed by atoms with Crippen molar-refractivity contribution in [3.63, 3.8) is 0 Å². The summed E-state index contributed by atoms with van der Waals surface area (Å²) in [6.07, 6.45) is -4.38. The van der Waals surface area contributed by atoms with Crippen molar-refractivity contribution in [2.45, 2.75) is 31.1 Å². The standard InChI is InChI=1S/C20H23F3N4O2S/c1-13(2)16-11-17(28)25-19(24-16)30-12-18(29)27-8-6-26(7-9-27)15-5-3-4-14(10-15)20(21,22)23/h3-5,10-11,13H,6-9,12H2,1-2H3,(H,24,25,28). The van der Waals surface area contributed by atoms with Gasteiger partial charge in [0.15, 0.2) is 5.16 Å². The predicted octanol–water partition coefficient (Wildman–Crippen LogP) is 3.35. The Morgan fingerprint density at radius 3 is 2.53 bits per heavy atom. The largest absolute Gasteiger partial charge is 0.416 e. The number of carbonyl (C=O) groups is 1. The van der Waals surface area contributed by atoms with Gasteiger partial charge < -0.3 is 14.8 Å². The topological polar surface area (TPSA) is 69.3 Å². The summed E-state index contributed by atoms with van der Waals surface area (Å²) in [7, 11) is 0. The average Bonchev–Trinajstić information content (AvgIpc) is 2.71. The Hall–Kier alpha value is -2.49. The van der Waals surface area contributed by atoms with Crippen molar-refractivity contribution in [1.82, 2.24) is 14.9 Å². The van der Waals surface area contributed by atoms with Gasteiger partial charge in [-0.05, 0) is 24.1 Å². The zero-order valence-corrected chi connectivity index (χ0v) is 17.5. The molecule has 0 saturated carbocycles. The molecule has 0 aliphatic carbocycles. The molecule has 0 atom stereocenters. The summed E-state index contributed by atoms with van der Waals surface area (Å²) in [6.45, 7) is 5.62. The molecule has 1 amide bonds. The molecule has 2 heterocycles. The van der Waals surface area contributed by atoms with Gasteiger partial charge in [-0.25, -0.2) is 4.98 Å². The summed E-state index contributed by atoms with van der Waals surface area (Å²) < 4.78 is 38.8. The molecule has 6 nitrogen and oxygen atoms in total. The molecule has 10 heteroatoms. The van der Waals surface area contributed by atoms with Crippen LogP contribution in [-0.4, -0.2) is 52.7 Å². The van der Waals surface area contributed by atoms with E-state index >= 15 is 0 Å². The quantitative estimate of drug-likeness (QED) is 0.571. The minimum atomic E-state index is -4.38. The molecule has 3 rings (SSSR count). The second kappa shape index (κ2) is 9.11. The summed E-state index contributed by atoms with van der Waals surface area (Å²) in [5, 5.41) is 0.405. The molecule has 1 N–H and O–H groups in total. The fraction of sp³-hybridized carbons (Fsp3) is 0.450. The molecular formula is C20H23F3N4O2S. The van der Waals surface area contributed by atoms with E-state index in [1.165, 1.54) is 23.9 Å². The summed E-state index contributed by atoms with van der Waals surface area (Å²) in [4.78, 5) is 34.8. The molecule has 0 radical (unpaired) electrons. The van der Waals surface area contributed by atoms with Crippen LogP contribution in [-0.2, 0) is 11.0 Å². The van der Waals surface area contributed by atoms with E-state index < -0.39 is 11.7 Å². The number of anilines is 1. The van der Waals surface area contributed by atoms with Gasteiger partial charge in [0.2, 0.25) is 5.91 Å². The monoisotopic (exact) mass is 440 g/mol. The molecule has 0 unspecified atom stereocenters. The van der Waals surface area contributed by atoms with Gasteiger partial charge >= 0.3 is 6.18 Å². The Kier molecular flexibility index (Phi) is 6.74. The number of halogens is 3. The van der Waals surface area contributed by atoms with Crippen molar-refractivity contribution in [2.24, 2.45) is 0 Å². The number of thioether (sulfide) groups is 1. The minimum Gasteiger partial charge on any atom is -0.368 e. The van der Waals surface area contributed by atoms with Crippen LogP contribution in [0.3, 0.4) is 0 Å². The number of H-pyrrole nitrogens is 1. The Morgan fingerprint density at radius 2 is 1.90 bits per heavy atom. The lowest BCUT2D eigenvalue weighted by Gasteiger charge is -2.36. The lowest BCUT2D eigenvalue weighted by molar-refractivity contribution is -0.137. The molecule has 2 aromatic rings. The van der Waals surface area contributed by atoms with E-state index in [4.69, 9.17) is 0 Å². The van der Waals surface area contributed by atoms with E-state index in [1.54, 1.807) is 11.0 Å². The van der Waals surface area contributed by atoms with Crippen LogP contribution in [0.1, 0.15) is 31.0 Å². The third-order valence-corrected chi connectivity index (χ3v) is 5.69. The third-order valence-electron chi connectivity index (χ3n) is 4.83. The van der Waals surface area contributed by atoms with Crippen LogP contribution in [0.4, 0.5) is 18.9 Å². The van der Waals surface area contributed by atoms with E-state index in [-0.39, 0.29) is 23.1 Å². The molecular weight excluding hydrogens is 417 g/mol. The summed E-state index contributed by atoms with van der Waals surface area (Å²) in [5.74, 6) is 0.140. The highest BCUT2D eigenvalue weighted by Crippen LogP contribution is 2.32. The molecule has 1 saturated heterocycles. The van der Waals surface area contributed by atoms with Crippen LogP contribution < -0.4 is 10.5 Å². The average molecular weight is 440 g/mol. The SMILES string of the molecule is CC(C)c1cc(=O)[nH]c(SCC(=O)N2CCN(c3cccc(C(F)(F)F)c3)CC2)n1. The number of benzene rings is 1. The highest BCUT2D eigenvalue weighted by molar-refractivity contribution is 7.99. The number of piperazine rings is 1. The van der Waals surface area contributed by atoms with Crippen molar-refractivity contribution >= 4 is 23.4 Å². The summed E-state index contributed by atoms with van der Waals surface area (Å²) in [5.41, 5.74) is 0.236. The number of aromatic amines is 1. The van der Waals surface area contributed by atoms with E-state index in [9.17, 15) is 22.8 Å². The zero-order chi connectivity index (χ0) is 21.9. The van der Waals surface area contributed by atoms with Gasteiger partial charge in [0.05, 0.1) is 17.0 Å². The van der Waals surface area contributed by atoms with Crippen molar-refractivity contribution in [3.8, 4) is 0 Å². The maximum Gasteiger partial charge on any atom is 0.416 e. The highest BCUT2D eigenvalue weighted by atomic mass is 32.2. The van der Waals surface area contributed by atoms with Gasteiger partial charge in [0.25, 0.3) is 5.56 Å². The normalized spacial score (nSPS) is 15.0. The fourth-order valence-corrected chi connectivity index (χ4v) is 3.92. The lowest BCUT2D eigenvalue weighted by Crippen LogP contribution is -2.49. The maximum absolute atomic E-state index is 12.9. The van der Waals surface area contributed by atoms with Crippen molar-refractivity contribution in [1.29, 1.82) is 0 Å². The number of hydrogen-bond acceptors (Lipinski definition) is 5. The predicted molar refractivity (Wildman–Crippen MR) is 110 cm³/mol.